The van der Waals surface area contributed by atoms with E-state index in [9.17, 15) is 0 Å². The van der Waals surface area contributed by atoms with Crippen molar-refractivity contribution in [2.75, 3.05) is 0 Å². The summed E-state index contributed by atoms with van der Waals surface area (Å²) in [5, 5.41) is -2.62. The van der Waals surface area contributed by atoms with Gasteiger partial charge in [0.1, 0.15) is 20.2 Å². The second-order valence-corrected chi connectivity index (χ2v) is 9.15. The maximum atomic E-state index is 5.88. The Morgan fingerprint density at radius 3 is 0.938 bits per heavy atom. The molecule has 16 heavy (non-hydrogen) atoms. The average Bonchev–Trinajstić information content (AvgIpc) is 2.31. The summed E-state index contributed by atoms with van der Waals surface area (Å²) in [5.41, 5.74) is 0. The number of hydrogen-bond acceptors (Lipinski definition) is 1. The molecule has 1 rings (SSSR count). The van der Waals surface area contributed by atoms with Crippen molar-refractivity contribution in [1.29, 1.82) is 0 Å². The third kappa shape index (κ3) is 5.02. The highest BCUT2D eigenvalue weighted by Crippen LogP contribution is 2.39. The van der Waals surface area contributed by atoms with Crippen LogP contribution in [0.1, 0.15) is 0 Å². The van der Waals surface area contributed by atoms with Gasteiger partial charge in [-0.2, -0.15) is 0 Å². The van der Waals surface area contributed by atoms with E-state index in [0.717, 1.165) is 10.5 Å². The van der Waals surface area contributed by atoms with Gasteiger partial charge in [-0.15, -0.1) is 69.6 Å². The number of rotatable bonds is 1. The van der Waals surface area contributed by atoms with E-state index in [0.29, 0.717) is 0 Å². The smallest absolute Gasteiger partial charge is 0.142 e. The van der Waals surface area contributed by atoms with Crippen molar-refractivity contribution in [2.45, 2.75) is 38.8 Å². The topological polar surface area (TPSA) is 9.23 Å². The van der Waals surface area contributed by atoms with E-state index in [4.69, 9.17) is 73.7 Å². The molecule has 1 aliphatic carbocycles. The van der Waals surface area contributed by atoms with E-state index in [1.807, 2.05) is 0 Å². The molecule has 9 heteroatoms. The molecule has 0 aliphatic heterocycles. The molecule has 0 unspecified atom stereocenters. The molecule has 1 fully saturated rings. The lowest BCUT2D eigenvalue weighted by molar-refractivity contribution is 0.544. The summed E-state index contributed by atoms with van der Waals surface area (Å²) < 4.78 is 4.82. The van der Waals surface area contributed by atoms with Crippen molar-refractivity contribution >= 4 is 89.9 Å². The molecule has 0 amide bonds. The molecule has 0 bridgehead atoms. The van der Waals surface area contributed by atoms with Crippen LogP contribution < -0.4 is 0 Å². The fraction of sp³-hybridized carbons (Fsp3) is 1.00. The van der Waals surface area contributed by atoms with Gasteiger partial charge < -0.3 is 4.12 Å². The lowest BCUT2D eigenvalue weighted by Gasteiger charge is -2.37. The van der Waals surface area contributed by atoms with Crippen LogP contribution in [0.2, 0.25) is 6.55 Å². The molecule has 0 aromatic rings. The molecule has 1 nitrogen and oxygen atoms in total. The molecule has 98 valence electrons. The predicted molar refractivity (Wildman–Crippen MR) is 83.3 cm³/mol. The van der Waals surface area contributed by atoms with Crippen molar-refractivity contribution in [1.82, 2.24) is 0 Å². The van der Waals surface area contributed by atoms with Gasteiger partial charge in [0.25, 0.3) is 0 Å². The first-order valence-corrected chi connectivity index (χ1v) is 10.1. The number of halogens is 6. The zero-order valence-corrected chi connectivity index (χ0v) is 16.8. The zero-order valence-electron chi connectivity index (χ0n) is 8.85. The Morgan fingerprint density at radius 1 is 0.750 bits per heavy atom. The Morgan fingerprint density at radius 2 is 0.875 bits per heavy atom. The third-order valence-electron chi connectivity index (χ3n) is 2.11. The van der Waals surface area contributed by atoms with Crippen LogP contribution in [0.5, 0.6) is 0 Å². The molecule has 0 radical (unpaired) electrons. The van der Waals surface area contributed by atoms with E-state index in [1.54, 1.807) is 0 Å². The molecule has 0 spiro atoms. The summed E-state index contributed by atoms with van der Waals surface area (Å²) in [4.78, 5) is 0. The Bertz CT molecular complexity index is 139. The lowest BCUT2D eigenvalue weighted by atomic mass is 9.97. The Kier molecular flexibility index (Phi) is 10.3. The summed E-state index contributed by atoms with van der Waals surface area (Å²) in [6.07, 6.45) is 0. The molecular weight excluding hydrogens is 369 g/mol. The van der Waals surface area contributed by atoms with Crippen LogP contribution >= 0.6 is 69.6 Å². The fourth-order valence-electron chi connectivity index (χ4n) is 1.05. The Labute approximate surface area is 132 Å². The van der Waals surface area contributed by atoms with Crippen molar-refractivity contribution in [3.63, 3.8) is 0 Å². The minimum atomic E-state index is -0.437. The van der Waals surface area contributed by atoms with E-state index in [2.05, 4.69) is 6.55 Å². The molecule has 0 aromatic carbocycles. The van der Waals surface area contributed by atoms with E-state index in [-0.39, 0.29) is 9.76 Å². The quantitative estimate of drug-likeness (QED) is 0.498. The van der Waals surface area contributed by atoms with Crippen LogP contribution in [0.3, 0.4) is 0 Å². The molecule has 1 aliphatic rings. The SMILES string of the molecule is C[SiH2]O[SiH3].ClC1C(Cl)C(Cl)C(Cl)C(Cl)C1Cl. The summed E-state index contributed by atoms with van der Waals surface area (Å²) in [6.45, 7) is 2.13. The highest BCUT2D eigenvalue weighted by atomic mass is 35.5. The number of alkyl halides is 6. The largest absolute Gasteiger partial charge is 0.468 e. The van der Waals surface area contributed by atoms with Gasteiger partial charge in [-0.05, 0) is 0 Å². The standard InChI is InChI=1S/C6H6Cl6.CH8OSi2/c7-1-2(8)4(10)6(12)5(11)3(1)9;1-4-2-3/h1-6H;4H2,1,3H3. The van der Waals surface area contributed by atoms with Crippen molar-refractivity contribution in [2.24, 2.45) is 0 Å². The van der Waals surface area contributed by atoms with Crippen molar-refractivity contribution in [3.05, 3.63) is 0 Å². The van der Waals surface area contributed by atoms with E-state index >= 15 is 0 Å². The highest BCUT2D eigenvalue weighted by Gasteiger charge is 2.46. The lowest BCUT2D eigenvalue weighted by Crippen LogP contribution is -2.52. The second-order valence-electron chi connectivity index (χ2n) is 3.24. The molecule has 0 heterocycles. The highest BCUT2D eigenvalue weighted by molar-refractivity contribution is 6.45. The first kappa shape index (κ1) is 18.1. The van der Waals surface area contributed by atoms with Crippen LogP contribution in [0.15, 0.2) is 0 Å². The maximum Gasteiger partial charge on any atom is 0.142 e. The van der Waals surface area contributed by atoms with Gasteiger partial charge in [-0.3, -0.25) is 0 Å². The second kappa shape index (κ2) is 9.10. The van der Waals surface area contributed by atoms with Gasteiger partial charge in [-0.1, -0.05) is 6.55 Å². The van der Waals surface area contributed by atoms with Crippen LogP contribution in [-0.4, -0.2) is 52.5 Å². The molecular formula is C7H14Cl6OSi2. The predicted octanol–water partition coefficient (Wildman–Crippen LogP) is 2.06. The molecule has 0 N–H and O–H groups in total. The zero-order chi connectivity index (χ0) is 12.9. The fourth-order valence-corrected chi connectivity index (χ4v) is 3.38. The summed E-state index contributed by atoms with van der Waals surface area (Å²) in [5.74, 6) is 0. The first-order valence-electron chi connectivity index (χ1n) is 4.71. The van der Waals surface area contributed by atoms with Gasteiger partial charge in [0.05, 0.1) is 32.3 Å². The van der Waals surface area contributed by atoms with Crippen LogP contribution in [-0.2, 0) is 4.12 Å². The summed E-state index contributed by atoms with van der Waals surface area (Å²) in [7, 11) is 0.938. The maximum absolute atomic E-state index is 5.88. The van der Waals surface area contributed by atoms with Crippen molar-refractivity contribution in [3.8, 4) is 0 Å². The van der Waals surface area contributed by atoms with E-state index < -0.39 is 32.3 Å². The van der Waals surface area contributed by atoms with Gasteiger partial charge >= 0.3 is 0 Å². The monoisotopic (exact) mass is 380 g/mol. The van der Waals surface area contributed by atoms with Gasteiger partial charge in [0.15, 0.2) is 0 Å². The Hall–Kier alpha value is 2.13. The van der Waals surface area contributed by atoms with Gasteiger partial charge in [0, 0.05) is 0 Å². The van der Waals surface area contributed by atoms with Crippen LogP contribution in [0.4, 0.5) is 0 Å². The minimum absolute atomic E-state index is 0.0139. The van der Waals surface area contributed by atoms with E-state index in [1.165, 1.54) is 0 Å². The van der Waals surface area contributed by atoms with Crippen LogP contribution in [0.25, 0.3) is 0 Å². The average molecular weight is 383 g/mol. The van der Waals surface area contributed by atoms with Gasteiger partial charge in [0.2, 0.25) is 0 Å². The van der Waals surface area contributed by atoms with Gasteiger partial charge in [-0.25, -0.2) is 0 Å². The van der Waals surface area contributed by atoms with Crippen LogP contribution in [0, 0.1) is 0 Å². The molecule has 0 aromatic heterocycles. The Balaban J connectivity index is 0.000000487. The third-order valence-corrected chi connectivity index (χ3v) is 8.45. The normalized spacial score (nSPS) is 44.4. The first-order chi connectivity index (χ1) is 7.38. The van der Waals surface area contributed by atoms with Crippen molar-refractivity contribution < 1.29 is 4.12 Å². The molecule has 0 saturated heterocycles. The minimum Gasteiger partial charge on any atom is -0.468 e. The summed E-state index contributed by atoms with van der Waals surface area (Å²) >= 11 is 35.3. The molecule has 1 saturated carbocycles. The summed E-state index contributed by atoms with van der Waals surface area (Å²) in [6, 6.07) is 0. The molecule has 0 atom stereocenters. The number of hydrogen-bond donors (Lipinski definition) is 0.